The van der Waals surface area contributed by atoms with E-state index in [2.05, 4.69) is 0 Å². The summed E-state index contributed by atoms with van der Waals surface area (Å²) in [7, 11) is 0. The molecule has 0 fully saturated rings. The van der Waals surface area contributed by atoms with Crippen molar-refractivity contribution in [2.24, 2.45) is 0 Å². The monoisotopic (exact) mass is 512 g/mol. The third-order valence-corrected chi connectivity index (χ3v) is 6.16. The number of aliphatic hydroxyl groups excluding tert-OH is 1. The lowest BCUT2D eigenvalue weighted by atomic mass is 10.1. The van der Waals surface area contributed by atoms with Crippen LogP contribution in [0.4, 0.5) is 0 Å². The van der Waals surface area contributed by atoms with Crippen LogP contribution >= 0.6 is 0 Å². The zero-order chi connectivity index (χ0) is 26.3. The van der Waals surface area contributed by atoms with Crippen LogP contribution in [-0.2, 0) is 45.4 Å². The van der Waals surface area contributed by atoms with E-state index >= 15 is 0 Å². The summed E-state index contributed by atoms with van der Waals surface area (Å²) in [6.07, 6.45) is -2.19. The first kappa shape index (κ1) is 27.7. The predicted octanol–water partition coefficient (Wildman–Crippen LogP) is 5.95. The minimum atomic E-state index is -0.964. The van der Waals surface area contributed by atoms with Gasteiger partial charge in [-0.2, -0.15) is 0 Å². The lowest BCUT2D eigenvalue weighted by molar-refractivity contribution is -0.157. The summed E-state index contributed by atoms with van der Waals surface area (Å²) in [5.41, 5.74) is 4.17. The Kier molecular flexibility index (Phi) is 11.5. The van der Waals surface area contributed by atoms with Crippen LogP contribution in [0.25, 0.3) is 0 Å². The Hall–Kier alpha value is -3.32. The van der Waals surface area contributed by atoms with E-state index in [4.69, 9.17) is 18.9 Å². The molecule has 0 aliphatic carbocycles. The zero-order valence-electron chi connectivity index (χ0n) is 21.6. The van der Waals surface area contributed by atoms with E-state index in [1.165, 1.54) is 0 Å². The normalized spacial score (nSPS) is 13.6. The van der Waals surface area contributed by atoms with Gasteiger partial charge in [0, 0.05) is 0 Å². The number of benzene rings is 4. The quantitative estimate of drug-likeness (QED) is 0.201. The molecule has 0 saturated carbocycles. The largest absolute Gasteiger partial charge is 0.388 e. The highest BCUT2D eigenvalue weighted by Crippen LogP contribution is 2.16. The number of hydrogen-bond acceptors (Lipinski definition) is 5. The van der Waals surface area contributed by atoms with Crippen molar-refractivity contribution in [3.8, 4) is 0 Å². The van der Waals surface area contributed by atoms with Crippen molar-refractivity contribution in [3.63, 3.8) is 0 Å². The van der Waals surface area contributed by atoms with Crippen molar-refractivity contribution in [2.75, 3.05) is 13.2 Å². The Bertz CT molecular complexity index is 1050. The Morgan fingerprint density at radius 2 is 0.711 bits per heavy atom. The van der Waals surface area contributed by atoms with Crippen LogP contribution in [-0.4, -0.2) is 36.6 Å². The zero-order valence-corrected chi connectivity index (χ0v) is 21.6. The Labute approximate surface area is 225 Å². The van der Waals surface area contributed by atoms with Gasteiger partial charge in [0.2, 0.25) is 0 Å². The standard InChI is InChI=1S/C33H36O5/c34-33(31(37-23-29-17-9-3-10-18-29)25-35-21-27-13-5-1-6-14-27)32(38-24-30-19-11-4-12-20-30)26-36-22-28-15-7-2-8-16-28/h1-20,31-34H,21-26H2/t31-,32+,33?. The van der Waals surface area contributed by atoms with Crippen LogP contribution in [0, 0.1) is 0 Å². The predicted molar refractivity (Wildman–Crippen MR) is 148 cm³/mol. The maximum atomic E-state index is 11.5. The minimum Gasteiger partial charge on any atom is -0.388 e. The maximum Gasteiger partial charge on any atom is 0.111 e. The summed E-state index contributed by atoms with van der Waals surface area (Å²) in [6.45, 7) is 2.00. The molecule has 0 aliphatic rings. The van der Waals surface area contributed by atoms with Crippen LogP contribution in [0.1, 0.15) is 22.3 Å². The molecule has 198 valence electrons. The second kappa shape index (κ2) is 15.8. The number of ether oxygens (including phenoxy) is 4. The molecule has 3 atom stereocenters. The first-order valence-electron chi connectivity index (χ1n) is 13.0. The summed E-state index contributed by atoms with van der Waals surface area (Å²) in [6, 6.07) is 39.8. The molecule has 5 heteroatoms. The van der Waals surface area contributed by atoms with Crippen molar-refractivity contribution >= 4 is 0 Å². The van der Waals surface area contributed by atoms with Gasteiger partial charge in [-0.3, -0.25) is 0 Å². The lowest BCUT2D eigenvalue weighted by Gasteiger charge is -2.30. The van der Waals surface area contributed by atoms with Gasteiger partial charge in [0.1, 0.15) is 18.3 Å². The molecule has 4 aromatic carbocycles. The third-order valence-electron chi connectivity index (χ3n) is 6.16. The fraction of sp³-hybridized carbons (Fsp3) is 0.273. The number of rotatable bonds is 16. The average molecular weight is 513 g/mol. The second-order valence-electron chi connectivity index (χ2n) is 9.16. The summed E-state index contributed by atoms with van der Waals surface area (Å²) in [5.74, 6) is 0. The molecule has 0 radical (unpaired) electrons. The first-order valence-corrected chi connectivity index (χ1v) is 13.0. The van der Waals surface area contributed by atoms with E-state index in [0.29, 0.717) is 26.4 Å². The van der Waals surface area contributed by atoms with E-state index in [0.717, 1.165) is 22.3 Å². The highest BCUT2D eigenvalue weighted by Gasteiger charge is 2.30. The van der Waals surface area contributed by atoms with Gasteiger partial charge in [-0.25, -0.2) is 0 Å². The molecule has 1 N–H and O–H groups in total. The second-order valence-corrected chi connectivity index (χ2v) is 9.16. The van der Waals surface area contributed by atoms with Gasteiger partial charge in [-0.05, 0) is 22.3 Å². The van der Waals surface area contributed by atoms with Gasteiger partial charge in [-0.1, -0.05) is 121 Å². The summed E-state index contributed by atoms with van der Waals surface area (Å²) in [5, 5.41) is 11.5. The maximum absolute atomic E-state index is 11.5. The van der Waals surface area contributed by atoms with Crippen LogP contribution in [0.15, 0.2) is 121 Å². The van der Waals surface area contributed by atoms with E-state index in [1.807, 2.05) is 121 Å². The average Bonchev–Trinajstić information content (AvgIpc) is 2.98. The van der Waals surface area contributed by atoms with Gasteiger partial charge in [0.15, 0.2) is 0 Å². The topological polar surface area (TPSA) is 57.2 Å². The molecule has 0 aliphatic heterocycles. The van der Waals surface area contributed by atoms with Crippen molar-refractivity contribution in [1.82, 2.24) is 0 Å². The molecule has 0 bridgehead atoms. The Morgan fingerprint density at radius 1 is 0.421 bits per heavy atom. The van der Waals surface area contributed by atoms with Gasteiger partial charge in [0.05, 0.1) is 39.6 Å². The molecule has 0 saturated heterocycles. The highest BCUT2D eigenvalue weighted by atomic mass is 16.6. The molecule has 4 aromatic rings. The molecule has 0 aromatic heterocycles. The van der Waals surface area contributed by atoms with Crippen LogP contribution in [0.3, 0.4) is 0 Å². The smallest absolute Gasteiger partial charge is 0.111 e. The molecule has 0 spiro atoms. The van der Waals surface area contributed by atoms with E-state index in [-0.39, 0.29) is 13.2 Å². The Morgan fingerprint density at radius 3 is 1.03 bits per heavy atom. The van der Waals surface area contributed by atoms with Gasteiger partial charge < -0.3 is 24.1 Å². The fourth-order valence-corrected chi connectivity index (χ4v) is 4.02. The summed E-state index contributed by atoms with van der Waals surface area (Å²) in [4.78, 5) is 0. The van der Waals surface area contributed by atoms with Gasteiger partial charge in [0.25, 0.3) is 0 Å². The van der Waals surface area contributed by atoms with Crippen LogP contribution in [0.2, 0.25) is 0 Å². The minimum absolute atomic E-state index is 0.215. The van der Waals surface area contributed by atoms with Gasteiger partial charge in [-0.15, -0.1) is 0 Å². The van der Waals surface area contributed by atoms with E-state index in [9.17, 15) is 5.11 Å². The number of aliphatic hydroxyl groups is 1. The highest BCUT2D eigenvalue weighted by molar-refractivity contribution is 5.15. The van der Waals surface area contributed by atoms with E-state index in [1.54, 1.807) is 0 Å². The van der Waals surface area contributed by atoms with Crippen molar-refractivity contribution < 1.29 is 24.1 Å². The molecule has 4 rings (SSSR count). The summed E-state index contributed by atoms with van der Waals surface area (Å²) < 4.78 is 24.4. The van der Waals surface area contributed by atoms with Crippen molar-refractivity contribution in [2.45, 2.75) is 44.7 Å². The molecule has 38 heavy (non-hydrogen) atoms. The summed E-state index contributed by atoms with van der Waals surface area (Å²) >= 11 is 0. The van der Waals surface area contributed by atoms with Crippen LogP contribution in [0.5, 0.6) is 0 Å². The Balaban J connectivity index is 1.42. The lowest BCUT2D eigenvalue weighted by Crippen LogP contribution is -2.45. The van der Waals surface area contributed by atoms with Crippen LogP contribution < -0.4 is 0 Å². The molecule has 5 nitrogen and oxygen atoms in total. The first-order chi connectivity index (χ1) is 18.8. The molecular weight excluding hydrogens is 476 g/mol. The van der Waals surface area contributed by atoms with Crippen molar-refractivity contribution in [3.05, 3.63) is 144 Å². The fourth-order valence-electron chi connectivity index (χ4n) is 4.02. The molecular formula is C33H36O5. The number of hydrogen-bond donors (Lipinski definition) is 1. The van der Waals surface area contributed by atoms with Crippen molar-refractivity contribution in [1.29, 1.82) is 0 Å². The molecule has 1 unspecified atom stereocenters. The molecule has 0 heterocycles. The molecule has 0 amide bonds. The SMILES string of the molecule is OC([C@H](COCc1ccccc1)OCc1ccccc1)[C@@H](COCc1ccccc1)OCc1ccccc1. The third kappa shape index (κ3) is 9.53. The van der Waals surface area contributed by atoms with E-state index < -0.39 is 18.3 Å². The van der Waals surface area contributed by atoms with Gasteiger partial charge >= 0.3 is 0 Å².